The van der Waals surface area contributed by atoms with Crippen molar-refractivity contribution in [2.45, 2.75) is 31.3 Å². The number of aliphatic hydroxyl groups excluding tert-OH is 1. The van der Waals surface area contributed by atoms with Crippen LogP contribution in [0.1, 0.15) is 12.8 Å². The average Bonchev–Trinajstić information content (AvgIpc) is 2.33. The smallest absolute Gasteiger partial charge is 0.427 e. The van der Waals surface area contributed by atoms with E-state index in [1.54, 1.807) is 0 Å². The molecule has 0 bridgehead atoms. The maximum absolute atomic E-state index is 10.7. The van der Waals surface area contributed by atoms with E-state index >= 15 is 0 Å². The number of hydrogen-bond donors (Lipinski definition) is 1. The molecule has 0 radical (unpaired) electrons. The molecule has 12 heavy (non-hydrogen) atoms. The highest BCUT2D eigenvalue weighted by molar-refractivity contribution is 5.62. The maximum Gasteiger partial charge on any atom is 0.509 e. The lowest BCUT2D eigenvalue weighted by Crippen LogP contribution is -2.34. The van der Waals surface area contributed by atoms with Gasteiger partial charge in [0.2, 0.25) is 0 Å². The number of carbonyl (C=O) groups is 1. The van der Waals surface area contributed by atoms with Crippen LogP contribution in [0.25, 0.3) is 0 Å². The van der Waals surface area contributed by atoms with Gasteiger partial charge < -0.3 is 19.3 Å². The van der Waals surface area contributed by atoms with E-state index in [1.165, 1.54) is 0 Å². The van der Waals surface area contributed by atoms with Crippen molar-refractivity contribution in [2.24, 2.45) is 0 Å². The van der Waals surface area contributed by atoms with Gasteiger partial charge >= 0.3 is 6.16 Å². The molecule has 2 aliphatic heterocycles. The highest BCUT2D eigenvalue weighted by atomic mass is 16.8. The van der Waals surface area contributed by atoms with E-state index < -0.39 is 18.5 Å². The average molecular weight is 174 g/mol. The van der Waals surface area contributed by atoms with Crippen LogP contribution in [0.2, 0.25) is 0 Å². The van der Waals surface area contributed by atoms with E-state index in [2.05, 4.69) is 0 Å². The molecule has 0 aliphatic carbocycles. The van der Waals surface area contributed by atoms with Crippen LogP contribution in [0.4, 0.5) is 4.79 Å². The van der Waals surface area contributed by atoms with Gasteiger partial charge in [-0.25, -0.2) is 4.79 Å². The summed E-state index contributed by atoms with van der Waals surface area (Å²) in [5.74, 6) is 0. The molecular formula is C7H10O5. The second kappa shape index (κ2) is 2.91. The zero-order valence-electron chi connectivity index (χ0n) is 6.43. The van der Waals surface area contributed by atoms with E-state index in [9.17, 15) is 9.90 Å². The summed E-state index contributed by atoms with van der Waals surface area (Å²) < 4.78 is 14.5. The maximum atomic E-state index is 10.7. The van der Waals surface area contributed by atoms with Crippen LogP contribution in [0, 0.1) is 0 Å². The van der Waals surface area contributed by atoms with E-state index in [4.69, 9.17) is 14.2 Å². The summed E-state index contributed by atoms with van der Waals surface area (Å²) in [6.07, 6.45) is -1.27. The van der Waals surface area contributed by atoms with Gasteiger partial charge in [-0.15, -0.1) is 0 Å². The molecule has 2 fully saturated rings. The van der Waals surface area contributed by atoms with Gasteiger partial charge in [0.05, 0.1) is 6.61 Å². The summed E-state index contributed by atoms with van der Waals surface area (Å²) in [4.78, 5) is 10.7. The molecule has 68 valence electrons. The first kappa shape index (κ1) is 7.82. The second-order valence-corrected chi connectivity index (χ2v) is 2.89. The molecule has 0 aromatic carbocycles. The second-order valence-electron chi connectivity index (χ2n) is 2.89. The third-order valence-corrected chi connectivity index (χ3v) is 2.05. The van der Waals surface area contributed by atoms with Crippen LogP contribution in [0.15, 0.2) is 0 Å². The Morgan fingerprint density at radius 1 is 1.42 bits per heavy atom. The number of rotatable bonds is 0. The first-order valence-electron chi connectivity index (χ1n) is 3.94. The van der Waals surface area contributed by atoms with Gasteiger partial charge in [-0.2, -0.15) is 0 Å². The lowest BCUT2D eigenvalue weighted by Gasteiger charge is -2.15. The molecule has 2 rings (SSSR count). The fourth-order valence-corrected chi connectivity index (χ4v) is 1.45. The Labute approximate surface area is 69.2 Å². The number of hydrogen-bond acceptors (Lipinski definition) is 5. The van der Waals surface area contributed by atoms with Crippen molar-refractivity contribution in [1.82, 2.24) is 0 Å². The number of aliphatic hydroxyl groups is 1. The summed E-state index contributed by atoms with van der Waals surface area (Å²) in [6, 6.07) is 0. The molecule has 2 aliphatic rings. The third-order valence-electron chi connectivity index (χ3n) is 2.05. The van der Waals surface area contributed by atoms with E-state index in [0.29, 0.717) is 13.0 Å². The van der Waals surface area contributed by atoms with Gasteiger partial charge in [0.25, 0.3) is 0 Å². The summed E-state index contributed by atoms with van der Waals surface area (Å²) >= 11 is 0. The molecule has 0 spiro atoms. The number of carbonyl (C=O) groups excluding carboxylic acids is 1. The first-order valence-corrected chi connectivity index (χ1v) is 3.94. The fraction of sp³-hybridized carbons (Fsp3) is 0.857. The molecule has 1 N–H and O–H groups in total. The largest absolute Gasteiger partial charge is 0.509 e. The van der Waals surface area contributed by atoms with Crippen molar-refractivity contribution in [3.05, 3.63) is 0 Å². The molecule has 2 heterocycles. The molecule has 2 unspecified atom stereocenters. The highest BCUT2D eigenvalue weighted by Crippen LogP contribution is 2.25. The molecule has 0 aromatic rings. The minimum absolute atomic E-state index is 0.338. The van der Waals surface area contributed by atoms with Crippen molar-refractivity contribution >= 4 is 6.16 Å². The zero-order valence-corrected chi connectivity index (χ0v) is 6.43. The number of fused-ring (bicyclic) bond motifs is 1. The SMILES string of the molecule is O=C1OC2CCCOC(O)[C@@H]2O1. The van der Waals surface area contributed by atoms with Gasteiger partial charge in [-0.05, 0) is 12.8 Å². The van der Waals surface area contributed by atoms with Crippen molar-refractivity contribution in [3.63, 3.8) is 0 Å². The fourth-order valence-electron chi connectivity index (χ4n) is 1.45. The predicted octanol–water partition coefficient (Wildman–Crippen LogP) is 0.0192. The van der Waals surface area contributed by atoms with Crippen LogP contribution in [-0.4, -0.2) is 36.4 Å². The van der Waals surface area contributed by atoms with E-state index in [1.807, 2.05) is 0 Å². The van der Waals surface area contributed by atoms with Gasteiger partial charge in [-0.3, -0.25) is 0 Å². The molecule has 3 atom stereocenters. The van der Waals surface area contributed by atoms with E-state index in [-0.39, 0.29) is 6.10 Å². The zero-order chi connectivity index (χ0) is 8.55. The normalized spacial score (nSPS) is 41.1. The molecule has 5 nitrogen and oxygen atoms in total. The standard InChI is InChI=1S/C7H10O5/c8-6-5-4(2-1-3-10-6)11-7(9)12-5/h4-6,8H,1-3H2/t4?,5-,6?/m1/s1. The highest BCUT2D eigenvalue weighted by Gasteiger charge is 2.43. The first-order chi connectivity index (χ1) is 5.77. The Kier molecular flexibility index (Phi) is 1.90. The van der Waals surface area contributed by atoms with Crippen molar-refractivity contribution in [2.75, 3.05) is 6.61 Å². The van der Waals surface area contributed by atoms with E-state index in [0.717, 1.165) is 6.42 Å². The summed E-state index contributed by atoms with van der Waals surface area (Å²) in [5.41, 5.74) is 0. The molecule has 5 heteroatoms. The van der Waals surface area contributed by atoms with Crippen LogP contribution in [0.5, 0.6) is 0 Å². The Hall–Kier alpha value is -0.810. The Bertz CT molecular complexity index is 192. The Balaban J connectivity index is 2.09. The Morgan fingerprint density at radius 3 is 3.08 bits per heavy atom. The van der Waals surface area contributed by atoms with Crippen LogP contribution >= 0.6 is 0 Å². The molecule has 0 aromatic heterocycles. The van der Waals surface area contributed by atoms with Crippen LogP contribution < -0.4 is 0 Å². The van der Waals surface area contributed by atoms with Crippen molar-refractivity contribution < 1.29 is 24.1 Å². The summed E-state index contributed by atoms with van der Waals surface area (Å²) in [5, 5.41) is 9.30. The van der Waals surface area contributed by atoms with Gasteiger partial charge in [0, 0.05) is 0 Å². The monoisotopic (exact) mass is 174 g/mol. The molecular weight excluding hydrogens is 164 g/mol. The summed E-state index contributed by atoms with van der Waals surface area (Å²) in [7, 11) is 0. The minimum atomic E-state index is -1.04. The van der Waals surface area contributed by atoms with Crippen LogP contribution in [-0.2, 0) is 14.2 Å². The van der Waals surface area contributed by atoms with Gasteiger partial charge in [-0.1, -0.05) is 0 Å². The van der Waals surface area contributed by atoms with Crippen molar-refractivity contribution in [1.29, 1.82) is 0 Å². The molecule has 0 amide bonds. The molecule has 0 saturated carbocycles. The Morgan fingerprint density at radius 2 is 2.25 bits per heavy atom. The minimum Gasteiger partial charge on any atom is -0.427 e. The molecule has 2 saturated heterocycles. The topological polar surface area (TPSA) is 65.0 Å². The third kappa shape index (κ3) is 1.25. The quantitative estimate of drug-likeness (QED) is 0.524. The van der Waals surface area contributed by atoms with Crippen molar-refractivity contribution in [3.8, 4) is 0 Å². The van der Waals surface area contributed by atoms with Gasteiger partial charge in [0.1, 0.15) is 6.10 Å². The lowest BCUT2D eigenvalue weighted by atomic mass is 10.1. The van der Waals surface area contributed by atoms with Gasteiger partial charge in [0.15, 0.2) is 12.4 Å². The summed E-state index contributed by atoms with van der Waals surface area (Å²) in [6.45, 7) is 0.481. The lowest BCUT2D eigenvalue weighted by molar-refractivity contribution is -0.150. The predicted molar refractivity (Wildman–Crippen MR) is 36.3 cm³/mol. The van der Waals surface area contributed by atoms with Crippen LogP contribution in [0.3, 0.4) is 0 Å². The number of ether oxygens (including phenoxy) is 3.